The number of hydrogen-bond acceptors (Lipinski definition) is 7. The Balaban J connectivity index is 1.12. The van der Waals surface area contributed by atoms with Gasteiger partial charge in [0.1, 0.15) is 17.7 Å². The van der Waals surface area contributed by atoms with Crippen LogP contribution in [0.1, 0.15) is 25.7 Å². The third-order valence-electron chi connectivity index (χ3n) is 6.29. The first-order valence-electron chi connectivity index (χ1n) is 10.0. The van der Waals surface area contributed by atoms with Crippen LogP contribution in [0.4, 0.5) is 5.82 Å². The van der Waals surface area contributed by atoms with Gasteiger partial charge in [0.25, 0.3) is 0 Å². The third-order valence-corrected chi connectivity index (χ3v) is 6.29. The minimum atomic E-state index is -0.0220. The van der Waals surface area contributed by atoms with Gasteiger partial charge in [-0.15, -0.1) is 15.3 Å². The van der Waals surface area contributed by atoms with Crippen LogP contribution in [-0.2, 0) is 14.2 Å². The molecule has 0 bridgehead atoms. The van der Waals surface area contributed by atoms with Gasteiger partial charge in [0.05, 0.1) is 13.1 Å². The summed E-state index contributed by atoms with van der Waals surface area (Å²) in [7, 11) is 0. The van der Waals surface area contributed by atoms with Gasteiger partial charge >= 0.3 is 0 Å². The van der Waals surface area contributed by atoms with Crippen LogP contribution in [0.5, 0.6) is 0 Å². The smallest absolute Gasteiger partial charge is 0.177 e. The molecule has 146 valence electrons. The van der Waals surface area contributed by atoms with E-state index in [-0.39, 0.29) is 5.60 Å². The van der Waals surface area contributed by atoms with Crippen molar-refractivity contribution in [1.29, 1.82) is 0 Å². The van der Waals surface area contributed by atoms with E-state index in [2.05, 4.69) is 20.2 Å². The Kier molecular flexibility index (Phi) is 4.71. The summed E-state index contributed by atoms with van der Waals surface area (Å²) in [5.74, 6) is 2.20. The first kappa shape index (κ1) is 17.3. The summed E-state index contributed by atoms with van der Waals surface area (Å²) in [5.41, 5.74) is 0.747. The standard InChI is InChI=1S/C19H27N5O3/c1-2-18(22-24-14-20-21-17(1)24)23-12-19(13-23)16(6-10-27-19)5-9-26-11-15-3-7-25-8-4-15/h1-2,14-16H,3-13H2/t16-/m0/s1. The number of hydrogen-bond donors (Lipinski definition) is 0. The van der Waals surface area contributed by atoms with E-state index < -0.39 is 0 Å². The lowest BCUT2D eigenvalue weighted by Gasteiger charge is -2.50. The van der Waals surface area contributed by atoms with E-state index in [1.165, 1.54) is 0 Å². The molecule has 0 unspecified atom stereocenters. The molecule has 2 aromatic heterocycles. The van der Waals surface area contributed by atoms with Crippen molar-refractivity contribution < 1.29 is 14.2 Å². The van der Waals surface area contributed by atoms with Crippen LogP contribution in [0.15, 0.2) is 18.5 Å². The minimum absolute atomic E-state index is 0.0220. The lowest BCUT2D eigenvalue weighted by atomic mass is 9.79. The van der Waals surface area contributed by atoms with Gasteiger partial charge in [-0.3, -0.25) is 0 Å². The molecule has 0 aromatic carbocycles. The molecule has 0 saturated carbocycles. The molecule has 3 fully saturated rings. The largest absolute Gasteiger partial charge is 0.381 e. The van der Waals surface area contributed by atoms with E-state index in [1.807, 2.05) is 12.1 Å². The van der Waals surface area contributed by atoms with Crippen LogP contribution in [-0.4, -0.2) is 71.5 Å². The van der Waals surface area contributed by atoms with Crippen molar-refractivity contribution in [2.75, 3.05) is 51.0 Å². The maximum Gasteiger partial charge on any atom is 0.177 e. The van der Waals surface area contributed by atoms with Gasteiger partial charge in [0, 0.05) is 33.0 Å². The lowest BCUT2D eigenvalue weighted by Crippen LogP contribution is -2.65. The number of nitrogens with zero attached hydrogens (tertiary/aromatic N) is 5. The number of anilines is 1. The second kappa shape index (κ2) is 7.33. The molecule has 0 N–H and O–H groups in total. The molecule has 3 aliphatic heterocycles. The van der Waals surface area contributed by atoms with Crippen LogP contribution < -0.4 is 4.90 Å². The van der Waals surface area contributed by atoms with Crippen LogP contribution in [0.2, 0.25) is 0 Å². The summed E-state index contributed by atoms with van der Waals surface area (Å²) in [6.07, 6.45) is 6.12. The first-order valence-corrected chi connectivity index (χ1v) is 10.0. The van der Waals surface area contributed by atoms with Gasteiger partial charge in [-0.05, 0) is 49.7 Å². The molecule has 1 spiro atoms. The Bertz CT molecular complexity index is 770. The zero-order valence-corrected chi connectivity index (χ0v) is 15.6. The summed E-state index contributed by atoms with van der Waals surface area (Å²) in [6, 6.07) is 3.97. The van der Waals surface area contributed by atoms with Crippen molar-refractivity contribution in [2.24, 2.45) is 11.8 Å². The van der Waals surface area contributed by atoms with Crippen LogP contribution in [0.25, 0.3) is 5.65 Å². The third kappa shape index (κ3) is 3.41. The molecule has 27 heavy (non-hydrogen) atoms. The average molecular weight is 373 g/mol. The Morgan fingerprint density at radius 1 is 1.15 bits per heavy atom. The van der Waals surface area contributed by atoms with Crippen molar-refractivity contribution >= 4 is 11.5 Å². The molecular formula is C19H27N5O3. The summed E-state index contributed by atoms with van der Waals surface area (Å²) in [4.78, 5) is 2.28. The van der Waals surface area contributed by atoms with Gasteiger partial charge in [-0.1, -0.05) is 0 Å². The average Bonchev–Trinajstić information content (AvgIpc) is 3.31. The van der Waals surface area contributed by atoms with Crippen molar-refractivity contribution in [3.8, 4) is 0 Å². The SMILES string of the molecule is c1cc2nncn2nc1N1CC2(C1)OCC[C@@H]2CCOCC1CCOCC1. The van der Waals surface area contributed by atoms with Crippen LogP contribution in [0.3, 0.4) is 0 Å². The van der Waals surface area contributed by atoms with E-state index in [0.29, 0.717) is 11.8 Å². The fourth-order valence-electron chi connectivity index (χ4n) is 4.58. The van der Waals surface area contributed by atoms with Gasteiger partial charge in [-0.25, -0.2) is 0 Å². The van der Waals surface area contributed by atoms with Gasteiger partial charge in [0.2, 0.25) is 0 Å². The number of aromatic nitrogens is 4. The summed E-state index contributed by atoms with van der Waals surface area (Å²) in [6.45, 7) is 6.14. The minimum Gasteiger partial charge on any atom is -0.381 e. The normalized spacial score (nSPS) is 25.3. The summed E-state index contributed by atoms with van der Waals surface area (Å²) in [5, 5.41) is 12.5. The molecule has 1 atom stereocenters. The number of rotatable bonds is 6. The van der Waals surface area contributed by atoms with E-state index in [0.717, 1.165) is 83.3 Å². The zero-order chi connectivity index (χ0) is 18.1. The summed E-state index contributed by atoms with van der Waals surface area (Å²) < 4.78 is 19.3. The molecule has 2 aromatic rings. The fourth-order valence-corrected chi connectivity index (χ4v) is 4.58. The van der Waals surface area contributed by atoms with Gasteiger partial charge < -0.3 is 19.1 Å². The molecule has 5 heterocycles. The van der Waals surface area contributed by atoms with E-state index >= 15 is 0 Å². The monoisotopic (exact) mass is 373 g/mol. The van der Waals surface area contributed by atoms with Gasteiger partial charge in [0.15, 0.2) is 5.65 Å². The quantitative estimate of drug-likeness (QED) is 0.711. The predicted octanol–water partition coefficient (Wildman–Crippen LogP) is 1.55. The highest BCUT2D eigenvalue weighted by atomic mass is 16.5. The van der Waals surface area contributed by atoms with Crippen LogP contribution in [0, 0.1) is 11.8 Å². The molecule has 8 nitrogen and oxygen atoms in total. The molecule has 3 saturated heterocycles. The lowest BCUT2D eigenvalue weighted by molar-refractivity contribution is -0.0528. The number of fused-ring (bicyclic) bond motifs is 1. The molecular weight excluding hydrogens is 346 g/mol. The van der Waals surface area contributed by atoms with E-state index in [9.17, 15) is 0 Å². The highest BCUT2D eigenvalue weighted by Gasteiger charge is 2.53. The van der Waals surface area contributed by atoms with Gasteiger partial charge in [-0.2, -0.15) is 4.52 Å². The fraction of sp³-hybridized carbons (Fsp3) is 0.737. The highest BCUT2D eigenvalue weighted by Crippen LogP contribution is 2.43. The maximum atomic E-state index is 6.19. The molecule has 8 heteroatoms. The molecule has 5 rings (SSSR count). The molecule has 0 aliphatic carbocycles. The Morgan fingerprint density at radius 3 is 2.93 bits per heavy atom. The Hall–Kier alpha value is -1.77. The first-order chi connectivity index (χ1) is 13.3. The Labute approximate surface area is 158 Å². The maximum absolute atomic E-state index is 6.19. The molecule has 0 amide bonds. The summed E-state index contributed by atoms with van der Waals surface area (Å²) >= 11 is 0. The topological polar surface area (TPSA) is 74.0 Å². The Morgan fingerprint density at radius 2 is 2.04 bits per heavy atom. The van der Waals surface area contributed by atoms with Crippen molar-refractivity contribution in [1.82, 2.24) is 19.8 Å². The second-order valence-electron chi connectivity index (χ2n) is 8.00. The molecule has 0 radical (unpaired) electrons. The second-order valence-corrected chi connectivity index (χ2v) is 8.00. The van der Waals surface area contributed by atoms with E-state index in [1.54, 1.807) is 10.8 Å². The van der Waals surface area contributed by atoms with Crippen LogP contribution >= 0.6 is 0 Å². The predicted molar refractivity (Wildman–Crippen MR) is 98.8 cm³/mol. The molecule has 3 aliphatic rings. The highest BCUT2D eigenvalue weighted by molar-refractivity contribution is 5.48. The van der Waals surface area contributed by atoms with Crippen molar-refractivity contribution in [2.45, 2.75) is 31.3 Å². The van der Waals surface area contributed by atoms with Crippen molar-refractivity contribution in [3.63, 3.8) is 0 Å². The number of ether oxygens (including phenoxy) is 3. The van der Waals surface area contributed by atoms with E-state index in [4.69, 9.17) is 14.2 Å². The zero-order valence-electron chi connectivity index (χ0n) is 15.6. The van der Waals surface area contributed by atoms with Crippen molar-refractivity contribution in [3.05, 3.63) is 18.5 Å².